The number of esters is 1. The molecule has 0 aliphatic heterocycles. The summed E-state index contributed by atoms with van der Waals surface area (Å²) in [7, 11) is 2.70. The van der Waals surface area contributed by atoms with Gasteiger partial charge in [0.15, 0.2) is 0 Å². The predicted octanol–water partition coefficient (Wildman–Crippen LogP) is 0.0694. The fourth-order valence-electron chi connectivity index (χ4n) is 1.40. The summed E-state index contributed by atoms with van der Waals surface area (Å²) >= 11 is 0. The van der Waals surface area contributed by atoms with Gasteiger partial charge in [0.25, 0.3) is 11.8 Å². The van der Waals surface area contributed by atoms with Crippen LogP contribution in [0.4, 0.5) is 5.95 Å². The molecule has 0 unspecified atom stereocenters. The Balaban J connectivity index is 2.33. The molecule has 21 heavy (non-hydrogen) atoms. The molecular formula is C11H15N7O3. The molecule has 0 amide bonds. The molecule has 0 saturated heterocycles. The van der Waals surface area contributed by atoms with Crippen molar-refractivity contribution in [3.8, 4) is 12.0 Å². The number of hydrogen-bond donors (Lipinski definition) is 1. The summed E-state index contributed by atoms with van der Waals surface area (Å²) < 4.78 is 10.8. The standard InChI is InChI=1S/C11H15N7O3/c1-4-5-12-9-14-10(16-11(15-9)21-3)18-6-13-7(17-18)8(19)20-2/h6H,4-5H2,1-3H3,(H,12,14,15,16). The van der Waals surface area contributed by atoms with Crippen LogP contribution in [-0.2, 0) is 4.74 Å². The first-order valence-corrected chi connectivity index (χ1v) is 6.22. The Morgan fingerprint density at radius 3 is 2.81 bits per heavy atom. The zero-order valence-electron chi connectivity index (χ0n) is 11.9. The molecule has 0 spiro atoms. The van der Waals surface area contributed by atoms with Gasteiger partial charge < -0.3 is 14.8 Å². The molecule has 10 nitrogen and oxygen atoms in total. The highest BCUT2D eigenvalue weighted by Crippen LogP contribution is 2.10. The second kappa shape index (κ2) is 6.59. The van der Waals surface area contributed by atoms with E-state index in [1.165, 1.54) is 25.2 Å². The van der Waals surface area contributed by atoms with Crippen LogP contribution in [0.5, 0.6) is 6.01 Å². The maximum Gasteiger partial charge on any atom is 0.377 e. The third kappa shape index (κ3) is 3.41. The van der Waals surface area contributed by atoms with Gasteiger partial charge in [0, 0.05) is 6.54 Å². The number of carbonyl (C=O) groups is 1. The molecule has 2 rings (SSSR count). The molecule has 0 fully saturated rings. The van der Waals surface area contributed by atoms with Crippen LogP contribution in [-0.4, -0.2) is 56.5 Å². The fourth-order valence-corrected chi connectivity index (χ4v) is 1.40. The van der Waals surface area contributed by atoms with E-state index >= 15 is 0 Å². The van der Waals surface area contributed by atoms with Crippen LogP contribution in [0.3, 0.4) is 0 Å². The quantitative estimate of drug-likeness (QED) is 0.738. The highest BCUT2D eigenvalue weighted by molar-refractivity contribution is 5.84. The first kappa shape index (κ1) is 14.6. The van der Waals surface area contributed by atoms with E-state index in [-0.39, 0.29) is 17.8 Å². The predicted molar refractivity (Wildman–Crippen MR) is 71.4 cm³/mol. The van der Waals surface area contributed by atoms with Crippen LogP contribution in [0, 0.1) is 0 Å². The number of nitrogens with zero attached hydrogens (tertiary/aromatic N) is 6. The first-order chi connectivity index (χ1) is 10.2. The molecular weight excluding hydrogens is 278 g/mol. The third-order valence-electron chi connectivity index (χ3n) is 2.38. The Kier molecular flexibility index (Phi) is 4.59. The van der Waals surface area contributed by atoms with E-state index in [0.717, 1.165) is 6.42 Å². The molecule has 0 aliphatic carbocycles. The summed E-state index contributed by atoms with van der Waals surface area (Å²) in [5, 5.41) is 6.97. The molecule has 2 aromatic heterocycles. The molecule has 112 valence electrons. The van der Waals surface area contributed by atoms with E-state index in [0.29, 0.717) is 12.5 Å². The molecule has 2 heterocycles. The SMILES string of the molecule is CCCNc1nc(OC)nc(-n2cnc(C(=O)OC)n2)n1. The lowest BCUT2D eigenvalue weighted by atomic mass is 10.5. The van der Waals surface area contributed by atoms with Crippen molar-refractivity contribution in [2.45, 2.75) is 13.3 Å². The van der Waals surface area contributed by atoms with Crippen molar-refractivity contribution in [2.24, 2.45) is 0 Å². The smallest absolute Gasteiger partial charge is 0.377 e. The molecule has 0 atom stereocenters. The maximum absolute atomic E-state index is 11.3. The number of aromatic nitrogens is 6. The topological polar surface area (TPSA) is 117 Å². The van der Waals surface area contributed by atoms with E-state index in [2.05, 4.69) is 35.1 Å². The first-order valence-electron chi connectivity index (χ1n) is 6.22. The summed E-state index contributed by atoms with van der Waals surface area (Å²) in [6.07, 6.45) is 2.23. The van der Waals surface area contributed by atoms with Gasteiger partial charge in [0.2, 0.25) is 5.95 Å². The van der Waals surface area contributed by atoms with E-state index in [4.69, 9.17) is 4.74 Å². The van der Waals surface area contributed by atoms with Crippen LogP contribution in [0.1, 0.15) is 24.0 Å². The minimum atomic E-state index is -0.640. The van der Waals surface area contributed by atoms with Crippen LogP contribution in [0.15, 0.2) is 6.33 Å². The average Bonchev–Trinajstić information content (AvgIpc) is 3.01. The molecule has 0 aliphatic rings. The summed E-state index contributed by atoms with van der Waals surface area (Å²) in [4.78, 5) is 27.5. The molecule has 10 heteroatoms. The Morgan fingerprint density at radius 1 is 1.33 bits per heavy atom. The Bertz CT molecular complexity index is 628. The van der Waals surface area contributed by atoms with Crippen LogP contribution < -0.4 is 10.1 Å². The van der Waals surface area contributed by atoms with Crippen molar-refractivity contribution in [1.29, 1.82) is 0 Å². The van der Waals surface area contributed by atoms with Gasteiger partial charge in [-0.1, -0.05) is 6.92 Å². The number of methoxy groups -OCH3 is 2. The van der Waals surface area contributed by atoms with Gasteiger partial charge in [-0.3, -0.25) is 0 Å². The summed E-state index contributed by atoms with van der Waals surface area (Å²) in [6.45, 7) is 2.73. The van der Waals surface area contributed by atoms with Crippen molar-refractivity contribution in [3.63, 3.8) is 0 Å². The number of carbonyl (C=O) groups excluding carboxylic acids is 1. The lowest BCUT2D eigenvalue weighted by Gasteiger charge is -2.06. The van der Waals surface area contributed by atoms with Crippen molar-refractivity contribution in [2.75, 3.05) is 26.1 Å². The molecule has 2 aromatic rings. The number of hydrogen-bond acceptors (Lipinski definition) is 9. The Labute approximate surface area is 120 Å². The van der Waals surface area contributed by atoms with Crippen molar-refractivity contribution in [3.05, 3.63) is 12.2 Å². The van der Waals surface area contributed by atoms with Gasteiger partial charge in [-0.05, 0) is 6.42 Å². The largest absolute Gasteiger partial charge is 0.467 e. The van der Waals surface area contributed by atoms with Crippen molar-refractivity contribution in [1.82, 2.24) is 29.7 Å². The molecule has 0 bridgehead atoms. The fraction of sp³-hybridized carbons (Fsp3) is 0.455. The second-order valence-electron chi connectivity index (χ2n) is 3.88. The third-order valence-corrected chi connectivity index (χ3v) is 2.38. The lowest BCUT2D eigenvalue weighted by molar-refractivity contribution is 0.0587. The van der Waals surface area contributed by atoms with Gasteiger partial charge in [0.1, 0.15) is 6.33 Å². The van der Waals surface area contributed by atoms with Crippen LogP contribution in [0.2, 0.25) is 0 Å². The lowest BCUT2D eigenvalue weighted by Crippen LogP contribution is -2.11. The number of rotatable bonds is 6. The van der Waals surface area contributed by atoms with Gasteiger partial charge in [-0.15, -0.1) is 5.10 Å². The molecule has 0 radical (unpaired) electrons. The zero-order valence-corrected chi connectivity index (χ0v) is 11.9. The number of nitrogens with one attached hydrogen (secondary N) is 1. The van der Waals surface area contributed by atoms with Crippen molar-refractivity contribution >= 4 is 11.9 Å². The Hall–Kier alpha value is -2.78. The zero-order chi connectivity index (χ0) is 15.2. The average molecular weight is 293 g/mol. The van der Waals surface area contributed by atoms with E-state index in [9.17, 15) is 4.79 Å². The highest BCUT2D eigenvalue weighted by atomic mass is 16.5. The number of ether oxygens (including phenoxy) is 2. The van der Waals surface area contributed by atoms with Crippen molar-refractivity contribution < 1.29 is 14.3 Å². The van der Waals surface area contributed by atoms with E-state index < -0.39 is 5.97 Å². The summed E-state index contributed by atoms with van der Waals surface area (Å²) in [5.74, 6) is -0.184. The minimum Gasteiger partial charge on any atom is -0.467 e. The van der Waals surface area contributed by atoms with E-state index in [1.807, 2.05) is 6.92 Å². The van der Waals surface area contributed by atoms with Crippen LogP contribution >= 0.6 is 0 Å². The normalized spacial score (nSPS) is 10.2. The van der Waals surface area contributed by atoms with Gasteiger partial charge in [0.05, 0.1) is 14.2 Å². The van der Waals surface area contributed by atoms with E-state index in [1.54, 1.807) is 0 Å². The number of anilines is 1. The molecule has 1 N–H and O–H groups in total. The molecule has 0 aromatic carbocycles. The maximum atomic E-state index is 11.3. The highest BCUT2D eigenvalue weighted by Gasteiger charge is 2.15. The van der Waals surface area contributed by atoms with Crippen LogP contribution in [0.25, 0.3) is 5.95 Å². The van der Waals surface area contributed by atoms with Gasteiger partial charge >= 0.3 is 12.0 Å². The van der Waals surface area contributed by atoms with Gasteiger partial charge in [-0.2, -0.15) is 19.6 Å². The second-order valence-corrected chi connectivity index (χ2v) is 3.88. The van der Waals surface area contributed by atoms with Gasteiger partial charge in [-0.25, -0.2) is 9.78 Å². The minimum absolute atomic E-state index is 0.0834. The molecule has 0 saturated carbocycles. The monoisotopic (exact) mass is 293 g/mol. The summed E-state index contributed by atoms with van der Waals surface area (Å²) in [6, 6.07) is 0.133. The Morgan fingerprint density at radius 2 is 2.14 bits per heavy atom. The summed E-state index contributed by atoms with van der Waals surface area (Å²) in [5.41, 5.74) is 0.